The predicted molar refractivity (Wildman–Crippen MR) is 87.2 cm³/mol. The van der Waals surface area contributed by atoms with Gasteiger partial charge in [0.1, 0.15) is 0 Å². The van der Waals surface area contributed by atoms with Crippen molar-refractivity contribution in [2.45, 2.75) is 45.1 Å². The summed E-state index contributed by atoms with van der Waals surface area (Å²) in [5, 5.41) is 1.31. The van der Waals surface area contributed by atoms with Crippen molar-refractivity contribution in [3.05, 3.63) is 35.5 Å². The lowest BCUT2D eigenvalue weighted by molar-refractivity contribution is -0.0174. The molecule has 0 radical (unpaired) electrons. The van der Waals surface area contributed by atoms with E-state index >= 15 is 0 Å². The molecule has 0 aliphatic carbocycles. The van der Waals surface area contributed by atoms with Crippen molar-refractivity contribution in [2.24, 2.45) is 5.41 Å². The Morgan fingerprint density at radius 2 is 2.14 bits per heavy atom. The van der Waals surface area contributed by atoms with Crippen molar-refractivity contribution in [3.63, 3.8) is 0 Å². The van der Waals surface area contributed by atoms with Gasteiger partial charge in [-0.05, 0) is 43.9 Å². The van der Waals surface area contributed by atoms with E-state index in [0.717, 1.165) is 31.3 Å². The molecular weight excluding hydrogens is 272 g/mol. The molecule has 5 rings (SSSR count). The highest BCUT2D eigenvalue weighted by Crippen LogP contribution is 2.56. The van der Waals surface area contributed by atoms with Crippen LogP contribution in [-0.2, 0) is 6.42 Å². The van der Waals surface area contributed by atoms with E-state index in [1.165, 1.54) is 36.0 Å². The van der Waals surface area contributed by atoms with Crippen LogP contribution in [-0.4, -0.2) is 28.5 Å². The molecule has 0 bridgehead atoms. The second-order valence-electron chi connectivity index (χ2n) is 7.29. The zero-order valence-electron chi connectivity index (χ0n) is 13.1. The van der Waals surface area contributed by atoms with Crippen molar-refractivity contribution in [1.82, 2.24) is 9.47 Å². The van der Waals surface area contributed by atoms with Gasteiger partial charge in [-0.1, -0.05) is 25.1 Å². The Labute approximate surface area is 130 Å². The molecule has 1 aromatic heterocycles. The molecule has 0 spiro atoms. The van der Waals surface area contributed by atoms with E-state index in [9.17, 15) is 4.79 Å². The van der Waals surface area contributed by atoms with Crippen LogP contribution < -0.4 is 0 Å². The second kappa shape index (κ2) is 4.23. The first kappa shape index (κ1) is 12.9. The first-order chi connectivity index (χ1) is 10.7. The third-order valence-electron chi connectivity index (χ3n) is 6.45. The second-order valence-corrected chi connectivity index (χ2v) is 7.29. The quantitative estimate of drug-likeness (QED) is 0.800. The van der Waals surface area contributed by atoms with Crippen LogP contribution in [0, 0.1) is 5.41 Å². The topological polar surface area (TPSA) is 25.2 Å². The van der Waals surface area contributed by atoms with Crippen LogP contribution in [0.2, 0.25) is 0 Å². The summed E-state index contributed by atoms with van der Waals surface area (Å²) in [5.41, 5.74) is 4.10. The summed E-state index contributed by atoms with van der Waals surface area (Å²) >= 11 is 0. The summed E-state index contributed by atoms with van der Waals surface area (Å²) in [4.78, 5) is 15.7. The molecule has 1 aromatic carbocycles. The van der Waals surface area contributed by atoms with Gasteiger partial charge in [0, 0.05) is 29.5 Å². The number of hydrogen-bond donors (Lipinski definition) is 0. The van der Waals surface area contributed by atoms with Gasteiger partial charge in [0.2, 0.25) is 5.91 Å². The molecule has 1 unspecified atom stereocenters. The number of carbonyl (C=O) groups excluding carboxylic acids is 1. The molecule has 114 valence electrons. The van der Waals surface area contributed by atoms with Gasteiger partial charge < -0.3 is 0 Å². The molecule has 0 saturated carbocycles. The van der Waals surface area contributed by atoms with E-state index in [1.54, 1.807) is 0 Å². The van der Waals surface area contributed by atoms with Gasteiger partial charge in [-0.3, -0.25) is 14.3 Å². The van der Waals surface area contributed by atoms with Crippen molar-refractivity contribution < 1.29 is 4.79 Å². The molecule has 0 amide bonds. The molecule has 2 atom stereocenters. The van der Waals surface area contributed by atoms with Crippen LogP contribution in [0.4, 0.5) is 0 Å². The van der Waals surface area contributed by atoms with E-state index in [4.69, 9.17) is 0 Å². The molecule has 3 aliphatic rings. The zero-order chi connectivity index (χ0) is 14.9. The lowest BCUT2D eigenvalue weighted by Crippen LogP contribution is -2.53. The highest BCUT2D eigenvalue weighted by atomic mass is 16.2. The smallest absolute Gasteiger partial charge is 0.231 e. The van der Waals surface area contributed by atoms with Crippen molar-refractivity contribution in [2.75, 3.05) is 13.1 Å². The summed E-state index contributed by atoms with van der Waals surface area (Å²) in [5.74, 6) is 0.319. The molecule has 3 aliphatic heterocycles. The first-order valence-electron chi connectivity index (χ1n) is 8.65. The SMILES string of the molecule is CC[C@@]12CCCN3CCc4c(n(c5ccccc45)C(=O)C1)C32. The molecule has 22 heavy (non-hydrogen) atoms. The van der Waals surface area contributed by atoms with Crippen LogP contribution in [0.15, 0.2) is 24.3 Å². The Kier molecular flexibility index (Phi) is 2.48. The van der Waals surface area contributed by atoms with Crippen LogP contribution in [0.25, 0.3) is 10.9 Å². The standard InChI is InChI=1S/C19H22N2O/c1-2-19-9-5-10-20-11-8-14-13-6-3-4-7-15(13)21(16(22)12-19)17(14)18(19)20/h3-4,6-7,18H,2,5,8-12H2,1H3/t18?,19-/m1/s1. The minimum absolute atomic E-state index is 0.175. The fourth-order valence-electron chi connectivity index (χ4n) is 5.45. The zero-order valence-corrected chi connectivity index (χ0v) is 13.1. The molecule has 1 saturated heterocycles. The van der Waals surface area contributed by atoms with Gasteiger partial charge in [-0.15, -0.1) is 0 Å². The van der Waals surface area contributed by atoms with Crippen LogP contribution in [0.1, 0.15) is 54.7 Å². The minimum atomic E-state index is 0.175. The summed E-state index contributed by atoms with van der Waals surface area (Å²) in [6.07, 6.45) is 5.37. The van der Waals surface area contributed by atoms with Crippen LogP contribution >= 0.6 is 0 Å². The van der Waals surface area contributed by atoms with E-state index in [1.807, 2.05) is 0 Å². The third-order valence-corrected chi connectivity index (χ3v) is 6.45. The van der Waals surface area contributed by atoms with Gasteiger partial charge in [0.05, 0.1) is 11.6 Å². The summed E-state index contributed by atoms with van der Waals surface area (Å²) < 4.78 is 2.07. The number of aromatic nitrogens is 1. The number of carbonyl (C=O) groups is 1. The Morgan fingerprint density at radius 3 is 3.00 bits per heavy atom. The van der Waals surface area contributed by atoms with Gasteiger partial charge in [-0.25, -0.2) is 0 Å². The van der Waals surface area contributed by atoms with Gasteiger partial charge in [0.15, 0.2) is 0 Å². The fourth-order valence-corrected chi connectivity index (χ4v) is 5.45. The van der Waals surface area contributed by atoms with E-state index < -0.39 is 0 Å². The Hall–Kier alpha value is -1.61. The van der Waals surface area contributed by atoms with Gasteiger partial charge >= 0.3 is 0 Å². The molecular formula is C19H22N2O. The van der Waals surface area contributed by atoms with Gasteiger partial charge in [0.25, 0.3) is 0 Å². The van der Waals surface area contributed by atoms with E-state index in [-0.39, 0.29) is 5.41 Å². The molecule has 0 N–H and O–H groups in total. The number of hydrogen-bond acceptors (Lipinski definition) is 2. The number of fused-ring (bicyclic) bond motifs is 3. The lowest BCUT2D eigenvalue weighted by Gasteiger charge is -2.54. The maximum absolute atomic E-state index is 13.0. The maximum atomic E-state index is 13.0. The molecule has 1 fully saturated rings. The number of nitrogens with zero attached hydrogens (tertiary/aromatic N) is 2. The highest BCUT2D eigenvalue weighted by molar-refractivity contribution is 5.97. The van der Waals surface area contributed by atoms with E-state index in [2.05, 4.69) is 40.7 Å². The summed E-state index contributed by atoms with van der Waals surface area (Å²) in [6.45, 7) is 4.63. The van der Waals surface area contributed by atoms with Crippen LogP contribution in [0.5, 0.6) is 0 Å². The maximum Gasteiger partial charge on any atom is 0.231 e. The van der Waals surface area contributed by atoms with Crippen molar-refractivity contribution in [1.29, 1.82) is 0 Å². The molecule has 4 heterocycles. The largest absolute Gasteiger partial charge is 0.294 e. The normalized spacial score (nSPS) is 30.6. The number of rotatable bonds is 1. The fraction of sp³-hybridized carbons (Fsp3) is 0.526. The number of para-hydroxylation sites is 1. The van der Waals surface area contributed by atoms with Gasteiger partial charge in [-0.2, -0.15) is 0 Å². The van der Waals surface area contributed by atoms with Crippen molar-refractivity contribution in [3.8, 4) is 0 Å². The molecule has 3 nitrogen and oxygen atoms in total. The molecule has 3 heteroatoms. The van der Waals surface area contributed by atoms with Crippen molar-refractivity contribution >= 4 is 16.8 Å². The average molecular weight is 294 g/mol. The lowest BCUT2D eigenvalue weighted by atomic mass is 9.64. The Morgan fingerprint density at radius 1 is 1.27 bits per heavy atom. The summed E-state index contributed by atoms with van der Waals surface area (Å²) in [7, 11) is 0. The number of piperidine rings is 1. The minimum Gasteiger partial charge on any atom is -0.294 e. The third kappa shape index (κ3) is 1.38. The number of benzene rings is 1. The van der Waals surface area contributed by atoms with E-state index in [0.29, 0.717) is 11.9 Å². The van der Waals surface area contributed by atoms with Crippen LogP contribution in [0.3, 0.4) is 0 Å². The monoisotopic (exact) mass is 294 g/mol. The Balaban J connectivity index is 1.88. The predicted octanol–water partition coefficient (Wildman–Crippen LogP) is 3.77. The first-order valence-corrected chi connectivity index (χ1v) is 8.65. The summed E-state index contributed by atoms with van der Waals surface area (Å²) in [6, 6.07) is 8.95. The molecule has 2 aromatic rings. The Bertz CT molecular complexity index is 790. The highest BCUT2D eigenvalue weighted by Gasteiger charge is 2.52. The average Bonchev–Trinajstić information content (AvgIpc) is 2.89.